The molecule has 0 atom stereocenters. The van der Waals surface area contributed by atoms with Gasteiger partial charge in [-0.15, -0.1) is 0 Å². The third-order valence-corrected chi connectivity index (χ3v) is 7.28. The van der Waals surface area contributed by atoms with Gasteiger partial charge in [-0.25, -0.2) is 4.98 Å². The fraction of sp³-hybridized carbons (Fsp3) is 0.500. The molecule has 0 amide bonds. The van der Waals surface area contributed by atoms with Crippen LogP contribution in [0.15, 0.2) is 48.8 Å². The van der Waals surface area contributed by atoms with E-state index in [1.165, 1.54) is 48.0 Å². The summed E-state index contributed by atoms with van der Waals surface area (Å²) in [5.74, 6) is 1.12. The van der Waals surface area contributed by atoms with E-state index in [4.69, 9.17) is 4.98 Å². The van der Waals surface area contributed by atoms with Crippen LogP contribution < -0.4 is 4.90 Å². The average Bonchev–Trinajstić information content (AvgIpc) is 3.31. The van der Waals surface area contributed by atoms with Crippen molar-refractivity contribution in [3.05, 3.63) is 59.9 Å². The number of aromatic nitrogens is 2. The predicted molar refractivity (Wildman–Crippen MR) is 132 cm³/mol. The number of benzene rings is 1. The fourth-order valence-electron chi connectivity index (χ4n) is 5.21. The van der Waals surface area contributed by atoms with Crippen LogP contribution in [0, 0.1) is 0 Å². The van der Waals surface area contributed by atoms with E-state index in [1.807, 2.05) is 6.20 Å². The highest BCUT2D eigenvalue weighted by molar-refractivity contribution is 5.82. The van der Waals surface area contributed by atoms with E-state index in [0.717, 1.165) is 51.1 Å². The van der Waals surface area contributed by atoms with Crippen LogP contribution in [0.25, 0.3) is 10.9 Å². The van der Waals surface area contributed by atoms with Crippen molar-refractivity contribution < 1.29 is 0 Å². The maximum absolute atomic E-state index is 4.82. The first-order valence-corrected chi connectivity index (χ1v) is 12.0. The largest absolute Gasteiger partial charge is 0.361 e. The van der Waals surface area contributed by atoms with Crippen LogP contribution in [-0.2, 0) is 13.1 Å². The number of H-pyrrole nitrogens is 1. The molecule has 2 aliphatic rings. The highest BCUT2D eigenvalue weighted by Gasteiger charge is 2.21. The van der Waals surface area contributed by atoms with Crippen LogP contribution >= 0.6 is 0 Å². The number of piperazine rings is 1. The second-order valence-corrected chi connectivity index (χ2v) is 9.61. The second-order valence-electron chi connectivity index (χ2n) is 9.61. The minimum atomic E-state index is 0.737. The Morgan fingerprint density at radius 1 is 0.906 bits per heavy atom. The number of hydrogen-bond acceptors (Lipinski definition) is 5. The normalized spacial score (nSPS) is 19.3. The number of nitrogens with one attached hydrogen (secondary N) is 1. The Bertz CT molecular complexity index is 995. The molecule has 0 aliphatic carbocycles. The van der Waals surface area contributed by atoms with E-state index in [2.05, 4.69) is 81.3 Å². The number of pyridine rings is 1. The lowest BCUT2D eigenvalue weighted by Gasteiger charge is -2.36. The van der Waals surface area contributed by atoms with Gasteiger partial charge in [0.25, 0.3) is 0 Å². The first-order valence-electron chi connectivity index (χ1n) is 12.0. The predicted octanol–water partition coefficient (Wildman–Crippen LogP) is 3.41. The molecule has 5 rings (SSSR count). The van der Waals surface area contributed by atoms with Crippen LogP contribution in [0.1, 0.15) is 24.0 Å². The number of piperidine rings is 1. The summed E-state index contributed by atoms with van der Waals surface area (Å²) in [5.41, 5.74) is 3.97. The minimum absolute atomic E-state index is 0.737. The second kappa shape index (κ2) is 9.61. The number of anilines is 1. The number of fused-ring (bicyclic) bond motifs is 1. The van der Waals surface area contributed by atoms with Crippen LogP contribution in [0.3, 0.4) is 0 Å². The van der Waals surface area contributed by atoms with Crippen LogP contribution in [0.5, 0.6) is 0 Å². The average molecular weight is 433 g/mol. The van der Waals surface area contributed by atoms with Gasteiger partial charge in [-0.1, -0.05) is 18.2 Å². The number of nitrogens with zero attached hydrogens (tertiary/aromatic N) is 5. The lowest BCUT2D eigenvalue weighted by molar-refractivity contribution is 0.140. The van der Waals surface area contributed by atoms with Crippen molar-refractivity contribution in [3.63, 3.8) is 0 Å². The molecule has 4 heterocycles. The van der Waals surface area contributed by atoms with Crippen molar-refractivity contribution in [2.24, 2.45) is 0 Å². The Labute approximate surface area is 191 Å². The van der Waals surface area contributed by atoms with Crippen LogP contribution in [-0.4, -0.2) is 84.1 Å². The molecule has 170 valence electrons. The standard InChI is InChI=1S/C26H36N6/c1-29(2)23-9-12-30(13-10-23)19-21-6-7-26(28-18-21)32-16-14-31(15-17-32)20-22-4-3-5-25-24(22)8-11-27-25/h3-8,11,18,23,27H,9-10,12-17,19-20H2,1-2H3. The van der Waals surface area contributed by atoms with Gasteiger partial charge in [-0.05, 0) is 69.4 Å². The topological polar surface area (TPSA) is 41.6 Å². The fourth-order valence-corrected chi connectivity index (χ4v) is 5.21. The van der Waals surface area contributed by atoms with Gasteiger partial charge in [0, 0.05) is 68.6 Å². The molecule has 0 radical (unpaired) electrons. The first kappa shape index (κ1) is 21.4. The number of likely N-dealkylation sites (tertiary alicyclic amines) is 1. The van der Waals surface area contributed by atoms with Crippen molar-refractivity contribution in [1.29, 1.82) is 0 Å². The molecule has 6 nitrogen and oxygen atoms in total. The van der Waals surface area contributed by atoms with E-state index in [0.29, 0.717) is 0 Å². The Balaban J connectivity index is 1.11. The molecule has 0 bridgehead atoms. The maximum atomic E-state index is 4.82. The molecular formula is C26H36N6. The zero-order chi connectivity index (χ0) is 21.9. The van der Waals surface area contributed by atoms with E-state index in [9.17, 15) is 0 Å². The third kappa shape index (κ3) is 4.82. The van der Waals surface area contributed by atoms with E-state index < -0.39 is 0 Å². The number of aromatic amines is 1. The molecule has 0 spiro atoms. The van der Waals surface area contributed by atoms with Gasteiger partial charge in [0.2, 0.25) is 0 Å². The van der Waals surface area contributed by atoms with E-state index in [-0.39, 0.29) is 0 Å². The Kier molecular flexibility index (Phi) is 6.44. The summed E-state index contributed by atoms with van der Waals surface area (Å²) in [7, 11) is 4.40. The van der Waals surface area contributed by atoms with Gasteiger partial charge in [-0.3, -0.25) is 9.80 Å². The summed E-state index contributed by atoms with van der Waals surface area (Å²) in [4.78, 5) is 18.1. The van der Waals surface area contributed by atoms with Crippen molar-refractivity contribution in [2.45, 2.75) is 32.0 Å². The Morgan fingerprint density at radius 2 is 1.69 bits per heavy atom. The van der Waals surface area contributed by atoms with Crippen molar-refractivity contribution in [2.75, 3.05) is 58.3 Å². The Hall–Kier alpha value is -2.41. The van der Waals surface area contributed by atoms with Gasteiger partial charge < -0.3 is 14.8 Å². The molecule has 0 unspecified atom stereocenters. The molecular weight excluding hydrogens is 396 g/mol. The minimum Gasteiger partial charge on any atom is -0.361 e. The number of hydrogen-bond donors (Lipinski definition) is 1. The molecule has 2 fully saturated rings. The highest BCUT2D eigenvalue weighted by Crippen LogP contribution is 2.22. The summed E-state index contributed by atoms with van der Waals surface area (Å²) < 4.78 is 0. The summed E-state index contributed by atoms with van der Waals surface area (Å²) in [6, 6.07) is 14.0. The molecule has 1 aromatic carbocycles. The van der Waals surface area contributed by atoms with Gasteiger partial charge in [0.1, 0.15) is 5.82 Å². The van der Waals surface area contributed by atoms with E-state index in [1.54, 1.807) is 0 Å². The summed E-state index contributed by atoms with van der Waals surface area (Å²) in [6.07, 6.45) is 6.66. The first-order chi connectivity index (χ1) is 15.7. The summed E-state index contributed by atoms with van der Waals surface area (Å²) >= 11 is 0. The lowest BCUT2D eigenvalue weighted by Crippen LogP contribution is -2.46. The molecule has 3 aromatic rings. The van der Waals surface area contributed by atoms with Gasteiger partial charge in [0.15, 0.2) is 0 Å². The van der Waals surface area contributed by atoms with Crippen molar-refractivity contribution >= 4 is 16.7 Å². The molecule has 2 aliphatic heterocycles. The molecule has 2 saturated heterocycles. The smallest absolute Gasteiger partial charge is 0.128 e. The maximum Gasteiger partial charge on any atom is 0.128 e. The summed E-state index contributed by atoms with van der Waals surface area (Å²) in [5, 5.41) is 1.35. The SMILES string of the molecule is CN(C)C1CCN(Cc2ccc(N3CCN(Cc4cccc5[nH]ccc45)CC3)nc2)CC1. The van der Waals surface area contributed by atoms with Crippen molar-refractivity contribution in [1.82, 2.24) is 24.7 Å². The third-order valence-electron chi connectivity index (χ3n) is 7.28. The van der Waals surface area contributed by atoms with Gasteiger partial charge in [0.05, 0.1) is 0 Å². The highest BCUT2D eigenvalue weighted by atomic mass is 15.3. The van der Waals surface area contributed by atoms with Gasteiger partial charge in [-0.2, -0.15) is 0 Å². The van der Waals surface area contributed by atoms with Crippen LogP contribution in [0.4, 0.5) is 5.82 Å². The zero-order valence-corrected chi connectivity index (χ0v) is 19.5. The van der Waals surface area contributed by atoms with Crippen molar-refractivity contribution in [3.8, 4) is 0 Å². The molecule has 6 heteroatoms. The summed E-state index contributed by atoms with van der Waals surface area (Å²) in [6.45, 7) is 8.62. The van der Waals surface area contributed by atoms with Crippen LogP contribution in [0.2, 0.25) is 0 Å². The Morgan fingerprint density at radius 3 is 2.41 bits per heavy atom. The quantitative estimate of drug-likeness (QED) is 0.647. The number of rotatable bonds is 6. The zero-order valence-electron chi connectivity index (χ0n) is 19.5. The molecule has 2 aromatic heterocycles. The molecule has 0 saturated carbocycles. The van der Waals surface area contributed by atoms with E-state index >= 15 is 0 Å². The monoisotopic (exact) mass is 432 g/mol. The lowest BCUT2D eigenvalue weighted by atomic mass is 10.0. The molecule has 32 heavy (non-hydrogen) atoms. The molecule has 1 N–H and O–H groups in total. The van der Waals surface area contributed by atoms with Gasteiger partial charge >= 0.3 is 0 Å².